The van der Waals surface area contributed by atoms with E-state index < -0.39 is 0 Å². The Kier molecular flexibility index (Phi) is 13.5. The van der Waals surface area contributed by atoms with E-state index in [0.717, 1.165) is 31.1 Å². The standard InChI is InChI=1S/C18H32N4O2.HI/c1-6-23-16(14(3)4)9-11-21-18(19-5)22-13-15-8-10-20-17(12-15)24-7-2;/h8,10,12,14,16H,6-7,9,11,13H2,1-5H3,(H2,19,21,22);1H. The number of rotatable bonds is 10. The molecular weight excluding hydrogens is 431 g/mol. The first kappa shape index (κ1) is 23.9. The summed E-state index contributed by atoms with van der Waals surface area (Å²) in [7, 11) is 1.77. The summed E-state index contributed by atoms with van der Waals surface area (Å²) in [6.45, 7) is 11.2. The van der Waals surface area contributed by atoms with E-state index >= 15 is 0 Å². The number of nitrogens with one attached hydrogen (secondary N) is 2. The van der Waals surface area contributed by atoms with Crippen molar-refractivity contribution in [2.24, 2.45) is 10.9 Å². The van der Waals surface area contributed by atoms with Gasteiger partial charge in [-0.25, -0.2) is 4.98 Å². The van der Waals surface area contributed by atoms with Crippen LogP contribution in [0.1, 0.15) is 39.7 Å². The number of guanidine groups is 1. The van der Waals surface area contributed by atoms with Gasteiger partial charge in [-0.15, -0.1) is 24.0 Å². The number of hydrogen-bond acceptors (Lipinski definition) is 4. The second kappa shape index (κ2) is 14.1. The quantitative estimate of drug-likeness (QED) is 0.316. The van der Waals surface area contributed by atoms with Gasteiger partial charge in [-0.05, 0) is 37.8 Å². The molecule has 0 saturated heterocycles. The zero-order valence-electron chi connectivity index (χ0n) is 16.0. The fourth-order valence-electron chi connectivity index (χ4n) is 2.35. The summed E-state index contributed by atoms with van der Waals surface area (Å²) in [5.41, 5.74) is 1.10. The third-order valence-corrected chi connectivity index (χ3v) is 3.62. The van der Waals surface area contributed by atoms with Crippen LogP contribution in [0.4, 0.5) is 0 Å². The zero-order chi connectivity index (χ0) is 17.8. The van der Waals surface area contributed by atoms with Crippen molar-refractivity contribution in [2.75, 3.05) is 26.8 Å². The molecule has 1 unspecified atom stereocenters. The molecule has 1 atom stereocenters. The third kappa shape index (κ3) is 9.84. The van der Waals surface area contributed by atoms with Gasteiger partial charge in [0.2, 0.25) is 5.88 Å². The Morgan fingerprint density at radius 2 is 2.00 bits per heavy atom. The molecule has 6 nitrogen and oxygen atoms in total. The molecule has 0 aliphatic rings. The largest absolute Gasteiger partial charge is 0.478 e. The first-order valence-electron chi connectivity index (χ1n) is 8.74. The van der Waals surface area contributed by atoms with Crippen molar-refractivity contribution in [1.82, 2.24) is 15.6 Å². The number of aliphatic imine (C=N–C) groups is 1. The monoisotopic (exact) mass is 464 g/mol. The highest BCUT2D eigenvalue weighted by molar-refractivity contribution is 14.0. The Labute approximate surface area is 169 Å². The molecular formula is C18H33IN4O2. The van der Waals surface area contributed by atoms with E-state index in [1.807, 2.05) is 26.0 Å². The van der Waals surface area contributed by atoms with Gasteiger partial charge in [-0.2, -0.15) is 0 Å². The number of pyridine rings is 1. The molecule has 1 heterocycles. The molecule has 0 aliphatic heterocycles. The Morgan fingerprint density at radius 3 is 2.60 bits per heavy atom. The Bertz CT molecular complexity index is 498. The first-order chi connectivity index (χ1) is 11.6. The summed E-state index contributed by atoms with van der Waals surface area (Å²) in [4.78, 5) is 8.43. The van der Waals surface area contributed by atoms with Crippen molar-refractivity contribution in [3.63, 3.8) is 0 Å². The average Bonchev–Trinajstić information content (AvgIpc) is 2.57. The van der Waals surface area contributed by atoms with Crippen LogP contribution in [0.5, 0.6) is 5.88 Å². The van der Waals surface area contributed by atoms with Crippen molar-refractivity contribution < 1.29 is 9.47 Å². The number of halogens is 1. The maximum atomic E-state index is 5.76. The van der Waals surface area contributed by atoms with Gasteiger partial charge in [0.1, 0.15) is 0 Å². The molecule has 144 valence electrons. The molecule has 0 saturated carbocycles. The van der Waals surface area contributed by atoms with E-state index in [4.69, 9.17) is 9.47 Å². The van der Waals surface area contributed by atoms with Gasteiger partial charge in [0.25, 0.3) is 0 Å². The lowest BCUT2D eigenvalue weighted by atomic mass is 10.0. The molecule has 1 rings (SSSR count). The van der Waals surface area contributed by atoms with Crippen LogP contribution in [-0.4, -0.2) is 43.9 Å². The fourth-order valence-corrected chi connectivity index (χ4v) is 2.35. The van der Waals surface area contributed by atoms with Crippen LogP contribution in [0.3, 0.4) is 0 Å². The Balaban J connectivity index is 0.00000576. The molecule has 0 fully saturated rings. The van der Waals surface area contributed by atoms with E-state index in [1.54, 1.807) is 13.2 Å². The lowest BCUT2D eigenvalue weighted by Crippen LogP contribution is -2.38. The lowest BCUT2D eigenvalue weighted by molar-refractivity contribution is 0.0258. The summed E-state index contributed by atoms with van der Waals surface area (Å²) < 4.78 is 11.2. The van der Waals surface area contributed by atoms with Gasteiger partial charge in [0.15, 0.2) is 5.96 Å². The molecule has 25 heavy (non-hydrogen) atoms. The van der Waals surface area contributed by atoms with Crippen molar-refractivity contribution in [3.05, 3.63) is 23.9 Å². The average molecular weight is 464 g/mol. The second-order valence-corrected chi connectivity index (χ2v) is 5.81. The number of ether oxygens (including phenoxy) is 2. The lowest BCUT2D eigenvalue weighted by Gasteiger charge is -2.21. The van der Waals surface area contributed by atoms with Crippen LogP contribution in [0.2, 0.25) is 0 Å². The van der Waals surface area contributed by atoms with Gasteiger partial charge in [0.05, 0.1) is 12.7 Å². The number of hydrogen-bond donors (Lipinski definition) is 2. The normalized spacial score (nSPS) is 12.5. The molecule has 1 aromatic rings. The predicted molar refractivity (Wildman–Crippen MR) is 114 cm³/mol. The van der Waals surface area contributed by atoms with E-state index in [-0.39, 0.29) is 30.1 Å². The van der Waals surface area contributed by atoms with Gasteiger partial charge in [-0.1, -0.05) is 13.8 Å². The van der Waals surface area contributed by atoms with Gasteiger partial charge in [-0.3, -0.25) is 4.99 Å². The van der Waals surface area contributed by atoms with Gasteiger partial charge in [0, 0.05) is 39.0 Å². The SMILES string of the molecule is CCOc1cc(CNC(=NC)NCCC(OCC)C(C)C)ccn1.I. The van der Waals surface area contributed by atoms with E-state index in [1.165, 1.54) is 0 Å². The van der Waals surface area contributed by atoms with Gasteiger partial charge >= 0.3 is 0 Å². The van der Waals surface area contributed by atoms with Crippen molar-refractivity contribution >= 4 is 29.9 Å². The predicted octanol–water partition coefficient (Wildman–Crippen LogP) is 3.21. The molecule has 1 aromatic heterocycles. The van der Waals surface area contributed by atoms with E-state index in [0.29, 0.717) is 24.9 Å². The highest BCUT2D eigenvalue weighted by atomic mass is 127. The van der Waals surface area contributed by atoms with E-state index in [2.05, 4.69) is 34.5 Å². The molecule has 0 spiro atoms. The van der Waals surface area contributed by atoms with Crippen molar-refractivity contribution in [2.45, 2.75) is 46.8 Å². The summed E-state index contributed by atoms with van der Waals surface area (Å²) in [5, 5.41) is 6.64. The van der Waals surface area contributed by atoms with Crippen LogP contribution in [0, 0.1) is 5.92 Å². The third-order valence-electron chi connectivity index (χ3n) is 3.62. The van der Waals surface area contributed by atoms with Crippen molar-refractivity contribution in [3.8, 4) is 5.88 Å². The van der Waals surface area contributed by atoms with Crippen LogP contribution < -0.4 is 15.4 Å². The highest BCUT2D eigenvalue weighted by Crippen LogP contribution is 2.10. The van der Waals surface area contributed by atoms with Crippen LogP contribution in [0.15, 0.2) is 23.3 Å². The Hall–Kier alpha value is -1.09. The minimum atomic E-state index is 0. The molecule has 7 heteroatoms. The summed E-state index contributed by atoms with van der Waals surface area (Å²) in [5.74, 6) is 1.94. The van der Waals surface area contributed by atoms with Crippen LogP contribution in [0.25, 0.3) is 0 Å². The molecule has 0 aliphatic carbocycles. The molecule has 0 aromatic carbocycles. The minimum absolute atomic E-state index is 0. The first-order valence-corrected chi connectivity index (χ1v) is 8.74. The van der Waals surface area contributed by atoms with Crippen molar-refractivity contribution in [1.29, 1.82) is 0 Å². The van der Waals surface area contributed by atoms with Crippen LogP contribution >= 0.6 is 24.0 Å². The molecule has 2 N–H and O–H groups in total. The molecule has 0 amide bonds. The number of nitrogens with zero attached hydrogens (tertiary/aromatic N) is 2. The fraction of sp³-hybridized carbons (Fsp3) is 0.667. The maximum absolute atomic E-state index is 5.76. The molecule has 0 bridgehead atoms. The van der Waals surface area contributed by atoms with E-state index in [9.17, 15) is 0 Å². The smallest absolute Gasteiger partial charge is 0.213 e. The van der Waals surface area contributed by atoms with Gasteiger partial charge < -0.3 is 20.1 Å². The minimum Gasteiger partial charge on any atom is -0.478 e. The molecule has 0 radical (unpaired) electrons. The second-order valence-electron chi connectivity index (χ2n) is 5.81. The number of aromatic nitrogens is 1. The summed E-state index contributed by atoms with van der Waals surface area (Å²) in [6, 6.07) is 3.90. The zero-order valence-corrected chi connectivity index (χ0v) is 18.4. The maximum Gasteiger partial charge on any atom is 0.213 e. The topological polar surface area (TPSA) is 67.8 Å². The summed E-state index contributed by atoms with van der Waals surface area (Å²) >= 11 is 0. The highest BCUT2D eigenvalue weighted by Gasteiger charge is 2.12. The summed E-state index contributed by atoms with van der Waals surface area (Å²) in [6.07, 6.45) is 2.98. The van der Waals surface area contributed by atoms with Crippen LogP contribution in [-0.2, 0) is 11.3 Å². The Morgan fingerprint density at radius 1 is 1.24 bits per heavy atom.